The van der Waals surface area contributed by atoms with Gasteiger partial charge < -0.3 is 5.32 Å². The van der Waals surface area contributed by atoms with E-state index < -0.39 is 0 Å². The van der Waals surface area contributed by atoms with Crippen molar-refractivity contribution in [1.82, 2.24) is 20.1 Å². The number of nitrogens with one attached hydrogen (secondary N) is 1. The van der Waals surface area contributed by atoms with E-state index in [1.807, 2.05) is 19.1 Å². The van der Waals surface area contributed by atoms with Crippen LogP contribution in [0.2, 0.25) is 15.1 Å². The Bertz CT molecular complexity index is 963. The van der Waals surface area contributed by atoms with Gasteiger partial charge in [-0.15, -0.1) is 10.2 Å². The summed E-state index contributed by atoms with van der Waals surface area (Å²) in [6, 6.07) is 12.3. The molecule has 1 N–H and O–H groups in total. The minimum atomic E-state index is -0.242. The first-order valence-electron chi connectivity index (χ1n) is 7.97. The highest BCUT2D eigenvalue weighted by molar-refractivity contribution is 7.99. The Morgan fingerprint density at radius 1 is 1.19 bits per heavy atom. The molecule has 0 saturated carbocycles. The van der Waals surface area contributed by atoms with E-state index >= 15 is 0 Å². The molecule has 0 aliphatic heterocycles. The summed E-state index contributed by atoms with van der Waals surface area (Å²) in [6.07, 6.45) is 1.59. The molecule has 0 radical (unpaired) electrons. The lowest BCUT2D eigenvalue weighted by Gasteiger charge is -2.16. The molecule has 1 heterocycles. The number of hydrogen-bond acceptors (Lipinski definition) is 4. The molecule has 0 saturated heterocycles. The van der Waals surface area contributed by atoms with E-state index in [0.29, 0.717) is 20.2 Å². The van der Waals surface area contributed by atoms with Crippen molar-refractivity contribution in [3.63, 3.8) is 0 Å². The van der Waals surface area contributed by atoms with Crippen LogP contribution in [0.3, 0.4) is 0 Å². The second-order valence-electron chi connectivity index (χ2n) is 5.71. The Morgan fingerprint density at radius 3 is 2.70 bits per heavy atom. The first-order valence-corrected chi connectivity index (χ1v) is 10.1. The molecule has 0 aliphatic rings. The second kappa shape index (κ2) is 8.97. The Kier molecular flexibility index (Phi) is 6.65. The van der Waals surface area contributed by atoms with E-state index in [2.05, 4.69) is 15.5 Å². The van der Waals surface area contributed by atoms with Crippen LogP contribution in [-0.2, 0) is 4.79 Å². The minimum Gasteiger partial charge on any atom is -0.349 e. The van der Waals surface area contributed by atoms with E-state index in [-0.39, 0.29) is 17.7 Å². The molecule has 3 aromatic rings. The number of carbonyl (C=O) groups excluding carboxylic acids is 1. The number of halogens is 3. The maximum Gasteiger partial charge on any atom is 0.230 e. The van der Waals surface area contributed by atoms with Crippen LogP contribution in [0.15, 0.2) is 53.9 Å². The Hall–Kier alpha value is -1.73. The molecule has 3 rings (SSSR count). The highest BCUT2D eigenvalue weighted by Crippen LogP contribution is 2.26. The van der Waals surface area contributed by atoms with Crippen LogP contribution in [0.25, 0.3) is 5.69 Å². The lowest BCUT2D eigenvalue weighted by molar-refractivity contribution is -0.119. The molecule has 5 nitrogen and oxygen atoms in total. The summed E-state index contributed by atoms with van der Waals surface area (Å²) >= 11 is 19.4. The van der Waals surface area contributed by atoms with Gasteiger partial charge in [-0.1, -0.05) is 58.7 Å². The molecule has 0 bridgehead atoms. The predicted molar refractivity (Wildman–Crippen MR) is 110 cm³/mol. The quantitative estimate of drug-likeness (QED) is 0.534. The molecule has 140 valence electrons. The van der Waals surface area contributed by atoms with Crippen molar-refractivity contribution >= 4 is 52.5 Å². The van der Waals surface area contributed by atoms with Gasteiger partial charge in [-0.25, -0.2) is 0 Å². The van der Waals surface area contributed by atoms with Gasteiger partial charge in [0.1, 0.15) is 6.33 Å². The van der Waals surface area contributed by atoms with Crippen LogP contribution in [0.4, 0.5) is 0 Å². The Labute approximate surface area is 176 Å². The molecule has 27 heavy (non-hydrogen) atoms. The van der Waals surface area contributed by atoms with Crippen LogP contribution >= 0.6 is 46.6 Å². The van der Waals surface area contributed by atoms with Crippen LogP contribution in [0.5, 0.6) is 0 Å². The molecular weight excluding hydrogens is 427 g/mol. The van der Waals surface area contributed by atoms with Crippen molar-refractivity contribution < 1.29 is 4.79 Å². The smallest absolute Gasteiger partial charge is 0.230 e. The third-order valence-electron chi connectivity index (χ3n) is 3.74. The molecule has 0 spiro atoms. The van der Waals surface area contributed by atoms with Gasteiger partial charge in [0, 0.05) is 15.1 Å². The van der Waals surface area contributed by atoms with Gasteiger partial charge in [0.2, 0.25) is 5.91 Å². The van der Waals surface area contributed by atoms with Crippen LogP contribution < -0.4 is 5.32 Å². The van der Waals surface area contributed by atoms with Crippen molar-refractivity contribution in [1.29, 1.82) is 0 Å². The average molecular weight is 442 g/mol. The van der Waals surface area contributed by atoms with Crippen molar-refractivity contribution in [2.45, 2.75) is 18.1 Å². The van der Waals surface area contributed by atoms with E-state index in [9.17, 15) is 4.79 Å². The van der Waals surface area contributed by atoms with Gasteiger partial charge >= 0.3 is 0 Å². The zero-order valence-corrected chi connectivity index (χ0v) is 17.3. The number of amides is 1. The number of carbonyl (C=O) groups is 1. The molecule has 2 aromatic carbocycles. The lowest BCUT2D eigenvalue weighted by Crippen LogP contribution is -2.28. The van der Waals surface area contributed by atoms with Crippen molar-refractivity contribution in [3.05, 3.63) is 69.4 Å². The normalized spacial score (nSPS) is 12.0. The fourth-order valence-electron chi connectivity index (χ4n) is 2.47. The second-order valence-corrected chi connectivity index (χ2v) is 7.93. The highest BCUT2D eigenvalue weighted by atomic mass is 35.5. The van der Waals surface area contributed by atoms with E-state index in [4.69, 9.17) is 34.8 Å². The molecule has 1 aromatic heterocycles. The Balaban J connectivity index is 1.62. The summed E-state index contributed by atoms with van der Waals surface area (Å²) in [6.45, 7) is 1.87. The van der Waals surface area contributed by atoms with Crippen molar-refractivity contribution in [3.8, 4) is 5.69 Å². The molecule has 1 atom stereocenters. The van der Waals surface area contributed by atoms with Crippen LogP contribution in [-0.4, -0.2) is 26.4 Å². The molecule has 1 unspecified atom stereocenters. The maximum absolute atomic E-state index is 12.3. The summed E-state index contributed by atoms with van der Waals surface area (Å²) in [5.74, 6) is 0.0496. The van der Waals surface area contributed by atoms with Gasteiger partial charge in [-0.2, -0.15) is 0 Å². The summed E-state index contributed by atoms with van der Waals surface area (Å²) in [4.78, 5) is 12.3. The van der Waals surface area contributed by atoms with Gasteiger partial charge in [0.25, 0.3) is 0 Å². The largest absolute Gasteiger partial charge is 0.349 e. The highest BCUT2D eigenvalue weighted by Gasteiger charge is 2.15. The maximum atomic E-state index is 12.3. The summed E-state index contributed by atoms with van der Waals surface area (Å²) in [7, 11) is 0. The number of rotatable bonds is 6. The molecule has 1 amide bonds. The van der Waals surface area contributed by atoms with Crippen LogP contribution in [0, 0.1) is 0 Å². The summed E-state index contributed by atoms with van der Waals surface area (Å²) < 4.78 is 1.78. The van der Waals surface area contributed by atoms with Crippen molar-refractivity contribution in [2.75, 3.05) is 5.75 Å². The van der Waals surface area contributed by atoms with E-state index in [0.717, 1.165) is 11.3 Å². The number of nitrogens with zero attached hydrogens (tertiary/aromatic N) is 3. The number of thioether (sulfide) groups is 1. The number of hydrogen-bond donors (Lipinski definition) is 1. The minimum absolute atomic E-state index is 0.140. The standard InChI is InChI=1S/C18H15Cl3N4OS/c1-11(15-6-5-13(20)8-16(15)21)23-17(26)9-27-18-24-22-10-25(18)14-4-2-3-12(19)7-14/h2-8,10-11H,9H2,1H3,(H,23,26). The number of benzene rings is 2. The first kappa shape index (κ1) is 20.0. The monoisotopic (exact) mass is 440 g/mol. The SMILES string of the molecule is CC(NC(=O)CSc1nncn1-c1cccc(Cl)c1)c1ccc(Cl)cc1Cl. The predicted octanol–water partition coefficient (Wildman–Crippen LogP) is 5.20. The Morgan fingerprint density at radius 2 is 1.96 bits per heavy atom. The first-order chi connectivity index (χ1) is 12.9. The molecule has 9 heteroatoms. The van der Waals surface area contributed by atoms with Gasteiger partial charge in [-0.05, 0) is 42.8 Å². The third-order valence-corrected chi connectivity index (χ3v) is 5.48. The average Bonchev–Trinajstić information content (AvgIpc) is 3.08. The van der Waals surface area contributed by atoms with E-state index in [1.54, 1.807) is 41.2 Å². The zero-order chi connectivity index (χ0) is 19.4. The van der Waals surface area contributed by atoms with Crippen LogP contribution in [0.1, 0.15) is 18.5 Å². The lowest BCUT2D eigenvalue weighted by atomic mass is 10.1. The topological polar surface area (TPSA) is 59.8 Å². The molecule has 0 aliphatic carbocycles. The fraction of sp³-hybridized carbons (Fsp3) is 0.167. The fourth-order valence-corrected chi connectivity index (χ4v) is 3.97. The summed E-state index contributed by atoms with van der Waals surface area (Å²) in [5, 5.41) is 13.2. The van der Waals surface area contributed by atoms with E-state index in [1.165, 1.54) is 11.8 Å². The van der Waals surface area contributed by atoms with Gasteiger partial charge in [-0.3, -0.25) is 9.36 Å². The molecule has 0 fully saturated rings. The molecular formula is C18H15Cl3N4OS. The summed E-state index contributed by atoms with van der Waals surface area (Å²) in [5.41, 5.74) is 1.64. The zero-order valence-electron chi connectivity index (χ0n) is 14.2. The van der Waals surface area contributed by atoms with Gasteiger partial charge in [0.15, 0.2) is 5.16 Å². The number of aromatic nitrogens is 3. The van der Waals surface area contributed by atoms with Crippen molar-refractivity contribution in [2.24, 2.45) is 0 Å². The third kappa shape index (κ3) is 5.17. The van der Waals surface area contributed by atoms with Gasteiger partial charge in [0.05, 0.1) is 17.5 Å².